The zero-order chi connectivity index (χ0) is 16.3. The normalized spacial score (nSPS) is 10.6. The van der Waals surface area contributed by atoms with Crippen LogP contribution in [0.2, 0.25) is 0 Å². The summed E-state index contributed by atoms with van der Waals surface area (Å²) >= 11 is 0. The van der Waals surface area contributed by atoms with E-state index in [0.29, 0.717) is 19.3 Å². The largest absolute Gasteiger partial charge is 0.734 e. The van der Waals surface area contributed by atoms with E-state index in [9.17, 15) is 14.4 Å². The highest BCUT2D eigenvalue weighted by Crippen LogP contribution is 2.16. The molecule has 0 rings (SSSR count). The summed E-state index contributed by atoms with van der Waals surface area (Å²) in [5.74, 6) is -1.71. The lowest BCUT2D eigenvalue weighted by Gasteiger charge is -2.24. The maximum Gasteiger partial charge on any atom is 0.734 e. The van der Waals surface area contributed by atoms with Crippen molar-refractivity contribution in [2.24, 2.45) is 0 Å². The van der Waals surface area contributed by atoms with Gasteiger partial charge in [-0.15, -0.1) is 0 Å². The molecule has 0 aliphatic carbocycles. The number of carbonyl (C=O) groups excluding carboxylic acids is 3. The molecule has 120 valence electrons. The molecule has 0 amide bonds. The van der Waals surface area contributed by atoms with Crippen LogP contribution in [0.1, 0.15) is 59.3 Å². The lowest BCUT2D eigenvalue weighted by atomic mass is 10.3. The quantitative estimate of drug-likeness (QED) is 0.577. The zero-order valence-corrected chi connectivity index (χ0v) is 14.0. The maximum absolute atomic E-state index is 11.7. The summed E-state index contributed by atoms with van der Waals surface area (Å²) < 4.78 is 15.5. The summed E-state index contributed by atoms with van der Waals surface area (Å²) in [6.07, 6.45) is 2.18. The average molecular weight is 316 g/mol. The molecule has 0 aromatic heterocycles. The summed E-state index contributed by atoms with van der Waals surface area (Å²) in [6.45, 7) is 8.93. The van der Waals surface area contributed by atoms with Crippen LogP contribution in [0.15, 0.2) is 12.3 Å². The van der Waals surface area contributed by atoms with Crippen LogP contribution in [-0.2, 0) is 27.7 Å². The van der Waals surface area contributed by atoms with Crippen LogP contribution < -0.4 is 0 Å². The van der Waals surface area contributed by atoms with E-state index in [0.717, 1.165) is 5.70 Å². The summed E-state index contributed by atoms with van der Waals surface area (Å²) in [6, 6.07) is 0. The minimum Gasteiger partial charge on any atom is -0.452 e. The first kappa shape index (κ1) is 19.4. The van der Waals surface area contributed by atoms with Crippen LogP contribution in [-0.4, -0.2) is 26.7 Å². The molecule has 0 aliphatic rings. The highest BCUT2D eigenvalue weighted by Gasteiger charge is 2.50. The Bertz CT molecular complexity index is 329. The number of rotatable bonds is 10. The van der Waals surface area contributed by atoms with E-state index < -0.39 is 26.7 Å². The molecule has 0 saturated carbocycles. The molecule has 0 radical (unpaired) electrons. The predicted molar refractivity (Wildman–Crippen MR) is 79.0 cm³/mol. The second-order valence-electron chi connectivity index (χ2n) is 4.48. The minimum atomic E-state index is -3.86. The van der Waals surface area contributed by atoms with Crippen LogP contribution in [0.5, 0.6) is 0 Å². The van der Waals surface area contributed by atoms with Crippen LogP contribution in [0.4, 0.5) is 0 Å². The van der Waals surface area contributed by atoms with Crippen molar-refractivity contribution in [3.8, 4) is 0 Å². The van der Waals surface area contributed by atoms with Crippen LogP contribution >= 0.6 is 0 Å². The van der Waals surface area contributed by atoms with Gasteiger partial charge in [0.05, 0.1) is 0 Å². The van der Waals surface area contributed by atoms with Crippen molar-refractivity contribution >= 4 is 26.7 Å². The van der Waals surface area contributed by atoms with Crippen molar-refractivity contribution in [3.05, 3.63) is 12.3 Å². The maximum atomic E-state index is 11.7. The van der Waals surface area contributed by atoms with Crippen LogP contribution in [0.25, 0.3) is 0 Å². The van der Waals surface area contributed by atoms with Gasteiger partial charge in [-0.1, -0.05) is 27.4 Å². The van der Waals surface area contributed by atoms with Gasteiger partial charge in [-0.2, -0.15) is 0 Å². The average Bonchev–Trinajstić information content (AvgIpc) is 2.39. The van der Waals surface area contributed by atoms with Gasteiger partial charge in [-0.25, -0.2) is 0 Å². The molecular formula is C14H24O6Si. The third kappa shape index (κ3) is 7.65. The molecule has 0 saturated heterocycles. The molecule has 0 bridgehead atoms. The third-order valence-electron chi connectivity index (χ3n) is 2.38. The van der Waals surface area contributed by atoms with Crippen molar-refractivity contribution in [3.63, 3.8) is 0 Å². The van der Waals surface area contributed by atoms with Gasteiger partial charge in [0.15, 0.2) is 0 Å². The first-order valence-corrected chi connectivity index (χ1v) is 9.02. The third-order valence-corrected chi connectivity index (χ3v) is 4.42. The van der Waals surface area contributed by atoms with E-state index in [4.69, 9.17) is 13.3 Å². The minimum absolute atomic E-state index is 0.152. The van der Waals surface area contributed by atoms with Crippen molar-refractivity contribution in [2.45, 2.75) is 59.3 Å². The van der Waals surface area contributed by atoms with Gasteiger partial charge < -0.3 is 13.3 Å². The Morgan fingerprint density at radius 3 is 1.29 bits per heavy atom. The fourth-order valence-corrected chi connectivity index (χ4v) is 3.06. The van der Waals surface area contributed by atoms with Crippen molar-refractivity contribution in [1.82, 2.24) is 0 Å². The van der Waals surface area contributed by atoms with Gasteiger partial charge in [0, 0.05) is 25.0 Å². The Morgan fingerprint density at radius 1 is 0.810 bits per heavy atom. The van der Waals surface area contributed by atoms with E-state index in [1.807, 2.05) is 20.8 Å². The smallest absolute Gasteiger partial charge is 0.452 e. The first-order valence-electron chi connectivity index (χ1n) is 7.22. The monoisotopic (exact) mass is 316 g/mol. The standard InChI is InChI=1S/C14H24O6Si/c1-5-9-12(15)18-21(8-4,19-13(16)10-6-2)20-14(17)11-7-3/h8H,4-7,9-11H2,1-3H3. The van der Waals surface area contributed by atoms with Crippen molar-refractivity contribution in [1.29, 1.82) is 0 Å². The number of hydrogen-bond acceptors (Lipinski definition) is 6. The van der Waals surface area contributed by atoms with Crippen LogP contribution in [0, 0.1) is 0 Å². The number of carbonyl (C=O) groups is 3. The molecule has 7 heteroatoms. The van der Waals surface area contributed by atoms with Crippen molar-refractivity contribution < 1.29 is 27.7 Å². The lowest BCUT2D eigenvalue weighted by Crippen LogP contribution is -2.48. The Labute approximate surface area is 126 Å². The van der Waals surface area contributed by atoms with E-state index in [1.165, 1.54) is 0 Å². The molecule has 0 aromatic carbocycles. The van der Waals surface area contributed by atoms with Gasteiger partial charge >= 0.3 is 8.80 Å². The Balaban J connectivity index is 5.07. The molecule has 0 aliphatic heterocycles. The van der Waals surface area contributed by atoms with Gasteiger partial charge in [-0.05, 0) is 19.3 Å². The van der Waals surface area contributed by atoms with Gasteiger partial charge in [0.1, 0.15) is 0 Å². The second kappa shape index (κ2) is 10.1. The van der Waals surface area contributed by atoms with Crippen LogP contribution in [0.3, 0.4) is 0 Å². The second-order valence-corrected chi connectivity index (χ2v) is 6.71. The highest BCUT2D eigenvalue weighted by molar-refractivity contribution is 6.70. The fourth-order valence-electron chi connectivity index (χ4n) is 1.43. The van der Waals surface area contributed by atoms with Crippen molar-refractivity contribution in [2.75, 3.05) is 0 Å². The lowest BCUT2D eigenvalue weighted by molar-refractivity contribution is -0.149. The molecular weight excluding hydrogens is 292 g/mol. The molecule has 0 unspecified atom stereocenters. The van der Waals surface area contributed by atoms with Gasteiger partial charge in [-0.3, -0.25) is 14.4 Å². The summed E-state index contributed by atoms with van der Waals surface area (Å²) in [4.78, 5) is 35.0. The zero-order valence-electron chi connectivity index (χ0n) is 13.0. The Morgan fingerprint density at radius 2 is 1.10 bits per heavy atom. The molecule has 0 aromatic rings. The van der Waals surface area contributed by atoms with E-state index in [2.05, 4.69) is 6.58 Å². The molecule has 0 spiro atoms. The molecule has 0 fully saturated rings. The van der Waals surface area contributed by atoms with E-state index in [-0.39, 0.29) is 19.3 Å². The first-order chi connectivity index (χ1) is 9.92. The Hall–Kier alpha value is -1.63. The molecule has 21 heavy (non-hydrogen) atoms. The van der Waals surface area contributed by atoms with Gasteiger partial charge in [0.2, 0.25) is 0 Å². The highest BCUT2D eigenvalue weighted by atomic mass is 28.4. The SMILES string of the molecule is C=C[Si](OC(=O)CCC)(OC(=O)CCC)OC(=O)CCC. The van der Waals surface area contributed by atoms with E-state index in [1.54, 1.807) is 0 Å². The molecule has 0 N–H and O–H groups in total. The summed E-state index contributed by atoms with van der Waals surface area (Å²) in [5, 5.41) is 0. The summed E-state index contributed by atoms with van der Waals surface area (Å²) in [7, 11) is -3.86. The molecule has 0 heterocycles. The topological polar surface area (TPSA) is 78.9 Å². The van der Waals surface area contributed by atoms with E-state index >= 15 is 0 Å². The van der Waals surface area contributed by atoms with Gasteiger partial charge in [0.25, 0.3) is 17.9 Å². The molecule has 0 atom stereocenters. The summed E-state index contributed by atoms with van der Waals surface area (Å²) in [5.41, 5.74) is 1.14. The Kier molecular flexibility index (Phi) is 9.36. The fraction of sp³-hybridized carbons (Fsp3) is 0.643. The predicted octanol–water partition coefficient (Wildman–Crippen LogP) is 2.68. The molecule has 6 nitrogen and oxygen atoms in total. The number of hydrogen-bond donors (Lipinski definition) is 0.